The molecule has 0 saturated carbocycles. The number of hydrogen-bond donors (Lipinski definition) is 1. The van der Waals surface area contributed by atoms with E-state index >= 15 is 0 Å². The van der Waals surface area contributed by atoms with Gasteiger partial charge in [-0.25, -0.2) is 0 Å². The van der Waals surface area contributed by atoms with Crippen LogP contribution in [0.2, 0.25) is 0 Å². The van der Waals surface area contributed by atoms with Gasteiger partial charge in [0.05, 0.1) is 0 Å². The van der Waals surface area contributed by atoms with Crippen LogP contribution in [0.1, 0.15) is 142 Å². The summed E-state index contributed by atoms with van der Waals surface area (Å²) in [4.78, 5) is 11.6. The van der Waals surface area contributed by atoms with E-state index in [9.17, 15) is 4.79 Å². The summed E-state index contributed by atoms with van der Waals surface area (Å²) in [6, 6.07) is 0. The Morgan fingerprint density at radius 1 is 0.500 bits per heavy atom. The van der Waals surface area contributed by atoms with Crippen LogP contribution in [0.15, 0.2) is 0 Å². The molecule has 1 N–H and O–H groups in total. The standard InChI is InChI=1S/C24H49NO/c1-3-5-7-8-9-10-11-12-13-14-15-16-17-18-19-20-21-22-24(26)25-23-6-4-2/h3-23H2,1-2H3,(H,25,26). The fourth-order valence-corrected chi connectivity index (χ4v) is 3.50. The minimum atomic E-state index is 0.249. The predicted octanol–water partition coefficient (Wildman–Crippen LogP) is 7.94. The van der Waals surface area contributed by atoms with Gasteiger partial charge in [0, 0.05) is 13.0 Å². The molecule has 26 heavy (non-hydrogen) atoms. The molecule has 2 nitrogen and oxygen atoms in total. The van der Waals surface area contributed by atoms with E-state index in [-0.39, 0.29) is 5.91 Å². The topological polar surface area (TPSA) is 29.1 Å². The SMILES string of the molecule is CCCCCCCCCCCCCCCCCCCC(=O)NCCCC. The van der Waals surface area contributed by atoms with Crippen LogP contribution < -0.4 is 5.32 Å². The molecule has 0 aromatic rings. The summed E-state index contributed by atoms with van der Waals surface area (Å²) in [5, 5.41) is 3.00. The van der Waals surface area contributed by atoms with Gasteiger partial charge in [-0.15, -0.1) is 0 Å². The zero-order valence-electron chi connectivity index (χ0n) is 18.3. The van der Waals surface area contributed by atoms with Crippen LogP contribution in [-0.2, 0) is 4.79 Å². The van der Waals surface area contributed by atoms with Crippen molar-refractivity contribution >= 4 is 5.91 Å². The van der Waals surface area contributed by atoms with Gasteiger partial charge in [0.25, 0.3) is 0 Å². The largest absolute Gasteiger partial charge is 0.356 e. The van der Waals surface area contributed by atoms with Crippen LogP contribution in [0.5, 0.6) is 0 Å². The third kappa shape index (κ3) is 21.5. The van der Waals surface area contributed by atoms with Crippen molar-refractivity contribution in [3.05, 3.63) is 0 Å². The Morgan fingerprint density at radius 2 is 0.846 bits per heavy atom. The quantitative estimate of drug-likeness (QED) is 0.205. The minimum absolute atomic E-state index is 0.249. The number of hydrogen-bond acceptors (Lipinski definition) is 1. The van der Waals surface area contributed by atoms with Gasteiger partial charge in [0.1, 0.15) is 0 Å². The van der Waals surface area contributed by atoms with Gasteiger partial charge in [-0.05, 0) is 12.8 Å². The Labute approximate surface area is 165 Å². The van der Waals surface area contributed by atoms with E-state index in [1.54, 1.807) is 0 Å². The third-order valence-electron chi connectivity index (χ3n) is 5.36. The van der Waals surface area contributed by atoms with E-state index in [4.69, 9.17) is 0 Å². The molecule has 0 aliphatic carbocycles. The number of amides is 1. The highest BCUT2D eigenvalue weighted by Gasteiger charge is 2.00. The van der Waals surface area contributed by atoms with Gasteiger partial charge in [-0.2, -0.15) is 0 Å². The van der Waals surface area contributed by atoms with Crippen molar-refractivity contribution in [2.24, 2.45) is 0 Å². The van der Waals surface area contributed by atoms with Gasteiger partial charge in [0.15, 0.2) is 0 Å². The molecule has 0 aliphatic heterocycles. The number of nitrogens with one attached hydrogen (secondary N) is 1. The molecule has 0 fully saturated rings. The molecule has 0 saturated heterocycles. The number of rotatable bonds is 21. The third-order valence-corrected chi connectivity index (χ3v) is 5.36. The average Bonchev–Trinajstić information content (AvgIpc) is 2.64. The first-order valence-corrected chi connectivity index (χ1v) is 12.1. The van der Waals surface area contributed by atoms with Crippen molar-refractivity contribution in [1.29, 1.82) is 0 Å². The molecule has 156 valence electrons. The normalized spacial score (nSPS) is 11.0. The van der Waals surface area contributed by atoms with E-state index in [0.29, 0.717) is 0 Å². The number of carbonyl (C=O) groups excluding carboxylic acids is 1. The van der Waals surface area contributed by atoms with Gasteiger partial charge in [-0.1, -0.05) is 123 Å². The summed E-state index contributed by atoms with van der Waals surface area (Å²) in [5.74, 6) is 0.249. The van der Waals surface area contributed by atoms with Crippen molar-refractivity contribution in [3.63, 3.8) is 0 Å². The van der Waals surface area contributed by atoms with Crippen molar-refractivity contribution in [3.8, 4) is 0 Å². The van der Waals surface area contributed by atoms with Crippen LogP contribution in [0.25, 0.3) is 0 Å². The lowest BCUT2D eigenvalue weighted by molar-refractivity contribution is -0.121. The van der Waals surface area contributed by atoms with E-state index in [1.165, 1.54) is 103 Å². The summed E-state index contributed by atoms with van der Waals surface area (Å²) in [7, 11) is 0. The zero-order valence-corrected chi connectivity index (χ0v) is 18.3. The Balaban J connectivity index is 3.06. The molecule has 0 rings (SSSR count). The van der Waals surface area contributed by atoms with E-state index < -0.39 is 0 Å². The molecule has 0 radical (unpaired) electrons. The highest BCUT2D eigenvalue weighted by Crippen LogP contribution is 2.14. The maximum absolute atomic E-state index is 11.6. The van der Waals surface area contributed by atoms with Crippen molar-refractivity contribution in [2.45, 2.75) is 142 Å². The second-order valence-corrected chi connectivity index (χ2v) is 8.11. The second-order valence-electron chi connectivity index (χ2n) is 8.11. The molecule has 0 aromatic heterocycles. The molecule has 1 amide bonds. The monoisotopic (exact) mass is 367 g/mol. The van der Waals surface area contributed by atoms with Crippen LogP contribution in [0.4, 0.5) is 0 Å². The lowest BCUT2D eigenvalue weighted by Crippen LogP contribution is -2.23. The Bertz CT molecular complexity index is 277. The molecule has 0 aliphatic rings. The molecule has 0 aromatic carbocycles. The molecule has 0 heterocycles. The molecule has 0 spiro atoms. The molecule has 2 heteroatoms. The molecule has 0 atom stereocenters. The first kappa shape index (κ1) is 25.5. The van der Waals surface area contributed by atoms with E-state index in [1.807, 2.05) is 0 Å². The fourth-order valence-electron chi connectivity index (χ4n) is 3.50. The van der Waals surface area contributed by atoms with Gasteiger partial charge < -0.3 is 5.32 Å². The summed E-state index contributed by atoms with van der Waals surface area (Å²) in [5.41, 5.74) is 0. The van der Waals surface area contributed by atoms with Gasteiger partial charge in [0.2, 0.25) is 5.91 Å². The second kappa shape index (κ2) is 22.5. The molecule has 0 unspecified atom stereocenters. The van der Waals surface area contributed by atoms with Crippen molar-refractivity contribution in [1.82, 2.24) is 5.32 Å². The first-order chi connectivity index (χ1) is 12.8. The van der Waals surface area contributed by atoms with Crippen LogP contribution in [-0.4, -0.2) is 12.5 Å². The Morgan fingerprint density at radius 3 is 1.23 bits per heavy atom. The van der Waals surface area contributed by atoms with Gasteiger partial charge >= 0.3 is 0 Å². The molecular weight excluding hydrogens is 318 g/mol. The predicted molar refractivity (Wildman–Crippen MR) is 117 cm³/mol. The maximum atomic E-state index is 11.6. The molecular formula is C24H49NO. The fraction of sp³-hybridized carbons (Fsp3) is 0.958. The zero-order chi connectivity index (χ0) is 19.1. The lowest BCUT2D eigenvalue weighted by atomic mass is 10.0. The first-order valence-electron chi connectivity index (χ1n) is 12.1. The summed E-state index contributed by atoms with van der Waals surface area (Å²) in [6.45, 7) is 5.30. The summed E-state index contributed by atoms with van der Waals surface area (Å²) < 4.78 is 0. The van der Waals surface area contributed by atoms with E-state index in [0.717, 1.165) is 32.2 Å². The van der Waals surface area contributed by atoms with Crippen LogP contribution >= 0.6 is 0 Å². The highest BCUT2D eigenvalue weighted by molar-refractivity contribution is 5.75. The van der Waals surface area contributed by atoms with Gasteiger partial charge in [-0.3, -0.25) is 4.79 Å². The summed E-state index contributed by atoms with van der Waals surface area (Å²) in [6.07, 6.45) is 26.6. The maximum Gasteiger partial charge on any atom is 0.219 e. The highest BCUT2D eigenvalue weighted by atomic mass is 16.1. The van der Waals surface area contributed by atoms with Crippen LogP contribution in [0, 0.1) is 0 Å². The lowest BCUT2D eigenvalue weighted by Gasteiger charge is -2.05. The average molecular weight is 368 g/mol. The van der Waals surface area contributed by atoms with Crippen LogP contribution in [0.3, 0.4) is 0 Å². The minimum Gasteiger partial charge on any atom is -0.356 e. The van der Waals surface area contributed by atoms with Crippen molar-refractivity contribution in [2.75, 3.05) is 6.54 Å². The smallest absolute Gasteiger partial charge is 0.219 e. The number of carbonyl (C=O) groups is 1. The Kier molecular flexibility index (Phi) is 22.1. The van der Waals surface area contributed by atoms with Crippen molar-refractivity contribution < 1.29 is 4.79 Å². The number of unbranched alkanes of at least 4 members (excludes halogenated alkanes) is 17. The summed E-state index contributed by atoms with van der Waals surface area (Å²) >= 11 is 0. The molecule has 0 bridgehead atoms. The Hall–Kier alpha value is -0.530. The van der Waals surface area contributed by atoms with E-state index in [2.05, 4.69) is 19.2 Å².